The van der Waals surface area contributed by atoms with E-state index in [1.807, 2.05) is 72.9 Å². The quantitative estimate of drug-likeness (QED) is 0.213. The van der Waals surface area contributed by atoms with Gasteiger partial charge in [0.05, 0.1) is 0 Å². The van der Waals surface area contributed by atoms with Crippen molar-refractivity contribution in [1.82, 2.24) is 10.3 Å². The minimum atomic E-state index is -0.466. The van der Waals surface area contributed by atoms with Crippen LogP contribution in [-0.2, 0) is 0 Å². The van der Waals surface area contributed by atoms with E-state index in [0.717, 1.165) is 94.1 Å². The second-order valence-electron chi connectivity index (χ2n) is 12.0. The molecular formula is C42H26N4O2. The number of furan rings is 2. The molecule has 0 saturated carbocycles. The average Bonchev–Trinajstić information content (AvgIpc) is 3.73. The molecule has 1 unspecified atom stereocenters. The Morgan fingerprint density at radius 3 is 2.08 bits per heavy atom. The highest BCUT2D eigenvalue weighted by Crippen LogP contribution is 2.39. The van der Waals surface area contributed by atoms with Crippen molar-refractivity contribution in [3.05, 3.63) is 163 Å². The molecule has 48 heavy (non-hydrogen) atoms. The first-order valence-electron chi connectivity index (χ1n) is 16.0. The molecule has 6 heteroatoms. The van der Waals surface area contributed by atoms with Crippen LogP contribution < -0.4 is 5.32 Å². The third-order valence-corrected chi connectivity index (χ3v) is 9.24. The molecule has 1 N–H and O–H groups in total. The van der Waals surface area contributed by atoms with Crippen molar-refractivity contribution < 1.29 is 8.83 Å². The number of nitrogens with zero attached hydrogens (tertiary/aromatic N) is 3. The van der Waals surface area contributed by atoms with Gasteiger partial charge in [-0.3, -0.25) is 4.98 Å². The summed E-state index contributed by atoms with van der Waals surface area (Å²) in [5.74, 6) is 1.53. The molecule has 0 saturated heterocycles. The van der Waals surface area contributed by atoms with Gasteiger partial charge in [0.15, 0.2) is 6.17 Å². The molecule has 0 fully saturated rings. The molecule has 6 nitrogen and oxygen atoms in total. The van der Waals surface area contributed by atoms with Gasteiger partial charge in [0, 0.05) is 50.6 Å². The molecule has 226 valence electrons. The van der Waals surface area contributed by atoms with Crippen molar-refractivity contribution in [1.29, 1.82) is 0 Å². The second kappa shape index (κ2) is 10.5. The van der Waals surface area contributed by atoms with Crippen LogP contribution in [-0.4, -0.2) is 16.7 Å². The lowest BCUT2D eigenvalue weighted by Crippen LogP contribution is -2.36. The predicted octanol–water partition coefficient (Wildman–Crippen LogP) is 10.2. The Bertz CT molecular complexity index is 2770. The van der Waals surface area contributed by atoms with E-state index in [2.05, 4.69) is 77.0 Å². The van der Waals surface area contributed by atoms with Crippen LogP contribution in [0, 0.1) is 0 Å². The lowest BCUT2D eigenvalue weighted by Gasteiger charge is -2.23. The van der Waals surface area contributed by atoms with Gasteiger partial charge in [0.1, 0.15) is 34.0 Å². The standard InChI is InChI=1S/C42H26N4O2/c1-2-9-25(10-3-1)40-44-41(46-42(45-40)32-15-8-18-37-39(32)31-12-4-5-16-34(31)47-37)30-14-6-11-26-23-27(19-20-28(26)30)29-13-7-17-36-38(29)33-24-43-22-21-35(33)48-36/h1-24,41H,(H,44,45,46). The Morgan fingerprint density at radius 1 is 0.500 bits per heavy atom. The maximum atomic E-state index is 6.24. The molecule has 10 rings (SSSR count). The first kappa shape index (κ1) is 26.7. The van der Waals surface area contributed by atoms with Gasteiger partial charge in [-0.2, -0.15) is 0 Å². The van der Waals surface area contributed by atoms with E-state index in [0.29, 0.717) is 0 Å². The largest absolute Gasteiger partial charge is 0.456 e. The maximum absolute atomic E-state index is 6.24. The normalized spacial score (nSPS) is 14.9. The number of hydrogen-bond donors (Lipinski definition) is 1. The number of benzene rings is 6. The third kappa shape index (κ3) is 4.16. The molecule has 3 aromatic heterocycles. The van der Waals surface area contributed by atoms with Crippen LogP contribution in [0.1, 0.15) is 22.9 Å². The number of para-hydroxylation sites is 1. The molecule has 9 aromatic rings. The summed E-state index contributed by atoms with van der Waals surface area (Å²) in [7, 11) is 0. The summed E-state index contributed by atoms with van der Waals surface area (Å²) in [5.41, 5.74) is 8.59. The number of aromatic nitrogens is 1. The summed E-state index contributed by atoms with van der Waals surface area (Å²) in [4.78, 5) is 14.9. The number of fused-ring (bicyclic) bond motifs is 7. The molecule has 1 atom stereocenters. The first-order chi connectivity index (χ1) is 23.8. The maximum Gasteiger partial charge on any atom is 0.170 e. The minimum Gasteiger partial charge on any atom is -0.456 e. The van der Waals surface area contributed by atoms with Gasteiger partial charge in [-0.05, 0) is 52.2 Å². The molecule has 0 amide bonds. The predicted molar refractivity (Wildman–Crippen MR) is 194 cm³/mol. The monoisotopic (exact) mass is 618 g/mol. The van der Waals surface area contributed by atoms with E-state index in [1.165, 1.54) is 0 Å². The van der Waals surface area contributed by atoms with Crippen molar-refractivity contribution >= 4 is 66.3 Å². The number of nitrogens with one attached hydrogen (secondary N) is 1. The summed E-state index contributed by atoms with van der Waals surface area (Å²) in [5, 5.41) is 9.97. The summed E-state index contributed by atoms with van der Waals surface area (Å²) < 4.78 is 12.4. The fraction of sp³-hybridized carbons (Fsp3) is 0.0238. The zero-order chi connectivity index (χ0) is 31.6. The zero-order valence-corrected chi connectivity index (χ0v) is 25.6. The first-order valence-corrected chi connectivity index (χ1v) is 16.0. The van der Waals surface area contributed by atoms with E-state index < -0.39 is 6.17 Å². The van der Waals surface area contributed by atoms with Gasteiger partial charge < -0.3 is 14.2 Å². The topological polar surface area (TPSA) is 75.9 Å². The number of hydrogen-bond acceptors (Lipinski definition) is 6. The van der Waals surface area contributed by atoms with E-state index in [9.17, 15) is 0 Å². The van der Waals surface area contributed by atoms with Crippen LogP contribution in [0.4, 0.5) is 0 Å². The van der Waals surface area contributed by atoms with Gasteiger partial charge in [-0.1, -0.05) is 103 Å². The zero-order valence-electron chi connectivity index (χ0n) is 25.6. The van der Waals surface area contributed by atoms with Crippen LogP contribution in [0.5, 0.6) is 0 Å². The number of pyridine rings is 1. The molecule has 0 bridgehead atoms. The van der Waals surface area contributed by atoms with Crippen molar-refractivity contribution in [3.8, 4) is 11.1 Å². The fourth-order valence-corrected chi connectivity index (χ4v) is 7.05. The Labute approximate surface area is 274 Å². The number of rotatable bonds is 4. The van der Waals surface area contributed by atoms with Crippen molar-refractivity contribution in [2.24, 2.45) is 9.98 Å². The van der Waals surface area contributed by atoms with E-state index in [1.54, 1.807) is 6.20 Å². The van der Waals surface area contributed by atoms with Crippen LogP contribution in [0.3, 0.4) is 0 Å². The van der Waals surface area contributed by atoms with Gasteiger partial charge in [0.25, 0.3) is 0 Å². The molecule has 0 aliphatic carbocycles. The van der Waals surface area contributed by atoms with Gasteiger partial charge in [-0.25, -0.2) is 9.98 Å². The van der Waals surface area contributed by atoms with Crippen molar-refractivity contribution in [2.75, 3.05) is 0 Å². The molecule has 0 radical (unpaired) electrons. The highest BCUT2D eigenvalue weighted by Gasteiger charge is 2.24. The Kier molecular flexibility index (Phi) is 5.84. The SMILES string of the molecule is c1ccc(C2=NC(c3cccc4cc(-c5cccc6oc7ccncc7c56)ccc34)N=C(c3cccc4oc5ccccc5c34)N2)cc1. The third-order valence-electron chi connectivity index (χ3n) is 9.24. The molecular weight excluding hydrogens is 592 g/mol. The highest BCUT2D eigenvalue weighted by atomic mass is 16.3. The Hall–Kier alpha value is -6.53. The number of aliphatic imine (C=N–C) groups is 2. The molecule has 1 aliphatic rings. The van der Waals surface area contributed by atoms with Crippen LogP contribution >= 0.6 is 0 Å². The summed E-state index contributed by atoms with van der Waals surface area (Å²) in [6.45, 7) is 0. The van der Waals surface area contributed by atoms with Crippen LogP contribution in [0.25, 0.3) is 65.8 Å². The lowest BCUT2D eigenvalue weighted by molar-refractivity contribution is 0.668. The molecule has 0 spiro atoms. The van der Waals surface area contributed by atoms with Gasteiger partial charge in [0.2, 0.25) is 0 Å². The summed E-state index contributed by atoms with van der Waals surface area (Å²) in [6.07, 6.45) is 3.18. The average molecular weight is 619 g/mol. The highest BCUT2D eigenvalue weighted by molar-refractivity contribution is 6.23. The van der Waals surface area contributed by atoms with Gasteiger partial charge in [-0.15, -0.1) is 0 Å². The Morgan fingerprint density at radius 2 is 1.21 bits per heavy atom. The van der Waals surface area contributed by atoms with Crippen molar-refractivity contribution in [3.63, 3.8) is 0 Å². The minimum absolute atomic E-state index is 0.466. The smallest absolute Gasteiger partial charge is 0.170 e. The van der Waals surface area contributed by atoms with Gasteiger partial charge >= 0.3 is 0 Å². The summed E-state index contributed by atoms with van der Waals surface area (Å²) in [6, 6.07) is 45.6. The van der Waals surface area contributed by atoms with Crippen molar-refractivity contribution in [2.45, 2.75) is 6.17 Å². The Balaban J connectivity index is 1.14. The fourth-order valence-electron chi connectivity index (χ4n) is 7.05. The molecule has 4 heterocycles. The molecule has 6 aromatic carbocycles. The molecule has 1 aliphatic heterocycles. The van der Waals surface area contributed by atoms with Crippen LogP contribution in [0.15, 0.2) is 165 Å². The number of amidine groups is 2. The van der Waals surface area contributed by atoms with E-state index >= 15 is 0 Å². The second-order valence-corrected chi connectivity index (χ2v) is 12.0. The lowest BCUT2D eigenvalue weighted by atomic mass is 9.95. The van der Waals surface area contributed by atoms with Crippen LogP contribution in [0.2, 0.25) is 0 Å². The summed E-state index contributed by atoms with van der Waals surface area (Å²) >= 11 is 0. The van der Waals surface area contributed by atoms with E-state index in [4.69, 9.17) is 18.8 Å². The van der Waals surface area contributed by atoms with E-state index in [-0.39, 0.29) is 0 Å².